The lowest BCUT2D eigenvalue weighted by Crippen LogP contribution is -2.30. The molecule has 0 radical (unpaired) electrons. The largest absolute Gasteiger partial charge is 0.342 e. The summed E-state index contributed by atoms with van der Waals surface area (Å²) in [7, 11) is 4.25. The Morgan fingerprint density at radius 2 is 1.80 bits per heavy atom. The summed E-state index contributed by atoms with van der Waals surface area (Å²) in [5.74, 6) is 0.915. The maximum atomic E-state index is 12.4. The van der Waals surface area contributed by atoms with Crippen molar-refractivity contribution >= 4 is 28.1 Å². The molecule has 1 amide bonds. The smallest absolute Gasteiger partial charge is 0.227 e. The van der Waals surface area contributed by atoms with Crippen LogP contribution in [0.15, 0.2) is 89.2 Å². The zero-order chi connectivity index (χ0) is 31.6. The Balaban J connectivity index is 0.000000240. The number of carbonyl (C=O) groups excluding carboxylic acids is 2. The summed E-state index contributed by atoms with van der Waals surface area (Å²) >= 11 is 3.45. The van der Waals surface area contributed by atoms with Gasteiger partial charge in [-0.25, -0.2) is 0 Å². The van der Waals surface area contributed by atoms with Crippen LogP contribution < -0.4 is 0 Å². The highest BCUT2D eigenvalue weighted by atomic mass is 79.9. The van der Waals surface area contributed by atoms with Gasteiger partial charge in [0.25, 0.3) is 0 Å². The predicted molar refractivity (Wildman–Crippen MR) is 185 cm³/mol. The van der Waals surface area contributed by atoms with E-state index >= 15 is 0 Å². The molecule has 1 saturated heterocycles. The number of pyridine rings is 1. The third-order valence-electron chi connectivity index (χ3n) is 8.32. The van der Waals surface area contributed by atoms with Crippen LogP contribution in [0.1, 0.15) is 56.6 Å². The lowest BCUT2D eigenvalue weighted by atomic mass is 9.93. The minimum atomic E-state index is 0.173. The van der Waals surface area contributed by atoms with Gasteiger partial charge in [-0.3, -0.25) is 9.78 Å². The van der Waals surface area contributed by atoms with Gasteiger partial charge in [0, 0.05) is 42.4 Å². The van der Waals surface area contributed by atoms with Crippen LogP contribution in [0.25, 0.3) is 0 Å². The minimum Gasteiger partial charge on any atom is -0.342 e. The van der Waals surface area contributed by atoms with E-state index in [4.69, 9.17) is 0 Å². The molecular weight excluding hydrogens is 612 g/mol. The van der Waals surface area contributed by atoms with Crippen molar-refractivity contribution in [2.24, 2.45) is 11.8 Å². The van der Waals surface area contributed by atoms with Crippen LogP contribution in [0.2, 0.25) is 0 Å². The Labute approximate surface area is 274 Å². The Bertz CT molecular complexity index is 1210. The fourth-order valence-corrected chi connectivity index (χ4v) is 5.95. The van der Waals surface area contributed by atoms with E-state index in [0.29, 0.717) is 12.3 Å². The third-order valence-corrected chi connectivity index (χ3v) is 8.85. The zero-order valence-corrected chi connectivity index (χ0v) is 28.5. The summed E-state index contributed by atoms with van der Waals surface area (Å²) in [6.45, 7) is 7.92. The SMILES string of the molecule is CCCN(C)CCC(C=O)CCN(C)Cc1ccc(Br)cc1.O=C(Cc1cccnc1)N1CCC(/C2=C/C/C=C\C=CC2)C1. The Morgan fingerprint density at radius 3 is 2.50 bits per heavy atom. The lowest BCUT2D eigenvalue weighted by molar-refractivity contribution is -0.129. The van der Waals surface area contributed by atoms with Crippen molar-refractivity contribution in [1.82, 2.24) is 19.7 Å². The van der Waals surface area contributed by atoms with Crippen LogP contribution in [0.3, 0.4) is 0 Å². The van der Waals surface area contributed by atoms with Gasteiger partial charge < -0.3 is 19.5 Å². The molecule has 2 heterocycles. The van der Waals surface area contributed by atoms with E-state index in [1.54, 1.807) is 12.4 Å². The number of aromatic nitrogens is 1. The molecule has 1 aliphatic heterocycles. The van der Waals surface area contributed by atoms with Gasteiger partial charge in [-0.1, -0.05) is 77.0 Å². The molecule has 2 atom stereocenters. The first-order valence-electron chi connectivity index (χ1n) is 16.1. The molecule has 6 nitrogen and oxygen atoms in total. The summed E-state index contributed by atoms with van der Waals surface area (Å²) in [6, 6.07) is 12.3. The van der Waals surface area contributed by atoms with Gasteiger partial charge in [-0.2, -0.15) is 0 Å². The Morgan fingerprint density at radius 1 is 1.05 bits per heavy atom. The molecule has 238 valence electrons. The maximum absolute atomic E-state index is 12.4. The Hall–Kier alpha value is -2.87. The fraction of sp³-hybridized carbons (Fsp3) is 0.486. The summed E-state index contributed by atoms with van der Waals surface area (Å²) in [6.07, 6.45) is 22.2. The van der Waals surface area contributed by atoms with Gasteiger partial charge in [0.05, 0.1) is 6.42 Å². The fourth-order valence-electron chi connectivity index (χ4n) is 5.68. The van der Waals surface area contributed by atoms with Gasteiger partial charge >= 0.3 is 0 Å². The van der Waals surface area contributed by atoms with Crippen LogP contribution in [0.4, 0.5) is 0 Å². The quantitative estimate of drug-likeness (QED) is 0.159. The third kappa shape index (κ3) is 13.4. The first-order chi connectivity index (χ1) is 21.4. The molecule has 4 rings (SSSR count). The molecule has 0 spiro atoms. The number of carbonyl (C=O) groups is 2. The number of likely N-dealkylation sites (tertiary alicyclic amines) is 1. The minimum absolute atomic E-state index is 0.173. The van der Waals surface area contributed by atoms with Crippen LogP contribution in [-0.4, -0.2) is 78.7 Å². The molecule has 0 saturated carbocycles. The highest BCUT2D eigenvalue weighted by molar-refractivity contribution is 9.10. The number of halogens is 1. The molecule has 2 aromatic rings. The summed E-state index contributed by atoms with van der Waals surface area (Å²) in [5, 5.41) is 0. The Kier molecular flexibility index (Phi) is 16.4. The summed E-state index contributed by atoms with van der Waals surface area (Å²) < 4.78 is 1.11. The first-order valence-corrected chi connectivity index (χ1v) is 16.9. The number of rotatable bonds is 14. The van der Waals surface area contributed by atoms with Gasteiger partial charge in [0.2, 0.25) is 5.91 Å². The summed E-state index contributed by atoms with van der Waals surface area (Å²) in [5.41, 5.74) is 3.78. The highest BCUT2D eigenvalue weighted by Crippen LogP contribution is 2.28. The molecule has 2 aliphatic rings. The monoisotopic (exact) mass is 662 g/mol. The van der Waals surface area contributed by atoms with Gasteiger partial charge in [-0.15, -0.1) is 0 Å². The van der Waals surface area contributed by atoms with E-state index in [0.717, 1.165) is 94.1 Å². The first kappa shape index (κ1) is 35.6. The van der Waals surface area contributed by atoms with Crippen molar-refractivity contribution in [3.63, 3.8) is 0 Å². The number of allylic oxidation sites excluding steroid dienone is 5. The van der Waals surface area contributed by atoms with E-state index in [1.807, 2.05) is 17.0 Å². The molecule has 44 heavy (non-hydrogen) atoms. The van der Waals surface area contributed by atoms with Crippen LogP contribution in [0, 0.1) is 11.8 Å². The van der Waals surface area contributed by atoms with Crippen molar-refractivity contribution in [3.05, 3.63) is 100 Å². The zero-order valence-electron chi connectivity index (χ0n) is 26.9. The molecule has 1 aliphatic carbocycles. The van der Waals surface area contributed by atoms with E-state index in [9.17, 15) is 9.59 Å². The van der Waals surface area contributed by atoms with Crippen LogP contribution >= 0.6 is 15.9 Å². The molecule has 0 N–H and O–H groups in total. The van der Waals surface area contributed by atoms with Crippen molar-refractivity contribution in [2.45, 2.75) is 58.4 Å². The second kappa shape index (κ2) is 20.2. The average Bonchev–Trinajstić information content (AvgIpc) is 3.50. The van der Waals surface area contributed by atoms with E-state index in [1.165, 1.54) is 11.1 Å². The van der Waals surface area contributed by atoms with Gasteiger partial charge in [0.15, 0.2) is 0 Å². The number of hydrogen-bond acceptors (Lipinski definition) is 5. The average molecular weight is 664 g/mol. The molecule has 2 unspecified atom stereocenters. The number of nitrogens with zero attached hydrogens (tertiary/aromatic N) is 4. The summed E-state index contributed by atoms with van der Waals surface area (Å²) in [4.78, 5) is 34.3. The van der Waals surface area contributed by atoms with Crippen LogP contribution in [0.5, 0.6) is 0 Å². The second-order valence-electron chi connectivity index (χ2n) is 12.1. The molecule has 7 heteroatoms. The predicted octanol–water partition coefficient (Wildman–Crippen LogP) is 7.12. The van der Waals surface area contributed by atoms with E-state index in [2.05, 4.69) is 106 Å². The second-order valence-corrected chi connectivity index (χ2v) is 13.0. The van der Waals surface area contributed by atoms with Crippen LogP contribution in [-0.2, 0) is 22.6 Å². The molecule has 1 aromatic carbocycles. The molecular formula is C37H51BrN4O2. The maximum Gasteiger partial charge on any atom is 0.227 e. The topological polar surface area (TPSA) is 56.8 Å². The van der Waals surface area contributed by atoms with Crippen molar-refractivity contribution in [2.75, 3.05) is 46.8 Å². The van der Waals surface area contributed by atoms with E-state index in [-0.39, 0.29) is 11.8 Å². The number of hydrogen-bond donors (Lipinski definition) is 0. The molecule has 0 bridgehead atoms. The highest BCUT2D eigenvalue weighted by Gasteiger charge is 2.28. The van der Waals surface area contributed by atoms with Crippen molar-refractivity contribution in [3.8, 4) is 0 Å². The standard InChI is InChI=1S/C19H22N2O.C18H29BrN2O/c22-19(13-16-7-6-11-20-14-16)21-12-10-18(15-21)17-8-4-2-1-3-5-9-17;1-4-11-20(2)12-9-17(15-22)10-13-21(3)14-16-5-7-18(19)8-6-16/h1-4,6-7,9,11,14,18H,5,8,10,12-13,15H2;5-8,15,17H,4,9-14H2,1-3H3/b3-1-,4-2?,17-9+;. The lowest BCUT2D eigenvalue weighted by Gasteiger charge is -2.21. The molecule has 1 aromatic heterocycles. The van der Waals surface area contributed by atoms with Gasteiger partial charge in [-0.05, 0) is 107 Å². The molecule has 1 fully saturated rings. The van der Waals surface area contributed by atoms with E-state index < -0.39 is 0 Å². The number of amides is 1. The van der Waals surface area contributed by atoms with Crippen molar-refractivity contribution in [1.29, 1.82) is 0 Å². The van der Waals surface area contributed by atoms with Gasteiger partial charge in [0.1, 0.15) is 6.29 Å². The number of benzene rings is 1. The number of aldehydes is 1. The van der Waals surface area contributed by atoms with Crippen molar-refractivity contribution < 1.29 is 9.59 Å². The normalized spacial score (nSPS) is 19.0.